The Hall–Kier alpha value is -1.46. The number of rotatable bonds is 2. The number of urea groups is 1. The third-order valence-electron chi connectivity index (χ3n) is 4.33. The minimum absolute atomic E-state index is 0. The molecular formula is C15H22ClN3O2. The summed E-state index contributed by atoms with van der Waals surface area (Å²) in [5.74, 6) is 1.43. The fourth-order valence-corrected chi connectivity index (χ4v) is 3.11. The van der Waals surface area contributed by atoms with Crippen LogP contribution in [0.3, 0.4) is 0 Å². The van der Waals surface area contributed by atoms with Crippen LogP contribution in [0.1, 0.15) is 12.0 Å². The maximum atomic E-state index is 12.3. The number of nitrogens with one attached hydrogen (secondary N) is 2. The molecule has 2 aliphatic rings. The monoisotopic (exact) mass is 311 g/mol. The van der Waals surface area contributed by atoms with Crippen LogP contribution >= 0.6 is 12.4 Å². The number of aryl methyl sites for hydroxylation is 1. The van der Waals surface area contributed by atoms with E-state index in [1.54, 1.807) is 7.11 Å². The van der Waals surface area contributed by atoms with E-state index in [1.165, 1.54) is 6.42 Å². The van der Waals surface area contributed by atoms with Crippen molar-refractivity contribution in [2.24, 2.45) is 5.92 Å². The molecule has 0 unspecified atom stereocenters. The first kappa shape index (κ1) is 15.9. The van der Waals surface area contributed by atoms with Gasteiger partial charge in [-0.2, -0.15) is 0 Å². The van der Waals surface area contributed by atoms with E-state index in [0.29, 0.717) is 12.0 Å². The van der Waals surface area contributed by atoms with Crippen LogP contribution in [0.5, 0.6) is 5.75 Å². The first-order chi connectivity index (χ1) is 9.67. The van der Waals surface area contributed by atoms with Gasteiger partial charge in [0, 0.05) is 24.8 Å². The van der Waals surface area contributed by atoms with Crippen LogP contribution in [0.4, 0.5) is 10.5 Å². The van der Waals surface area contributed by atoms with Crippen molar-refractivity contribution in [3.8, 4) is 5.75 Å². The molecule has 5 nitrogen and oxygen atoms in total. The number of nitrogens with zero attached hydrogens (tertiary/aromatic N) is 1. The molecule has 0 bridgehead atoms. The predicted molar refractivity (Wildman–Crippen MR) is 85.5 cm³/mol. The number of hydrogen-bond acceptors (Lipinski definition) is 3. The summed E-state index contributed by atoms with van der Waals surface area (Å²) in [5.41, 5.74) is 1.86. The Labute approximate surface area is 131 Å². The van der Waals surface area contributed by atoms with Crippen molar-refractivity contribution in [1.29, 1.82) is 0 Å². The second kappa shape index (κ2) is 6.54. The Kier molecular flexibility index (Phi) is 4.96. The molecule has 3 rings (SSSR count). The molecule has 0 spiro atoms. The van der Waals surface area contributed by atoms with Gasteiger partial charge in [0.15, 0.2) is 0 Å². The average molecular weight is 312 g/mol. The van der Waals surface area contributed by atoms with Gasteiger partial charge in [-0.1, -0.05) is 0 Å². The fraction of sp³-hybridized carbons (Fsp3) is 0.533. The van der Waals surface area contributed by atoms with E-state index >= 15 is 0 Å². The number of likely N-dealkylation sites (tertiary alicyclic amines) is 1. The summed E-state index contributed by atoms with van der Waals surface area (Å²) < 4.78 is 5.17. The van der Waals surface area contributed by atoms with Crippen molar-refractivity contribution < 1.29 is 9.53 Å². The van der Waals surface area contributed by atoms with E-state index in [9.17, 15) is 4.79 Å². The predicted octanol–water partition coefficient (Wildman–Crippen LogP) is 2.25. The van der Waals surface area contributed by atoms with Crippen molar-refractivity contribution in [1.82, 2.24) is 10.2 Å². The zero-order valence-corrected chi connectivity index (χ0v) is 13.2. The van der Waals surface area contributed by atoms with Crippen LogP contribution < -0.4 is 15.4 Å². The van der Waals surface area contributed by atoms with Gasteiger partial charge >= 0.3 is 6.03 Å². The Bertz CT molecular complexity index is 512. The second-order valence-corrected chi connectivity index (χ2v) is 5.63. The number of ether oxygens (including phenoxy) is 1. The van der Waals surface area contributed by atoms with Gasteiger partial charge in [0.1, 0.15) is 5.75 Å². The summed E-state index contributed by atoms with van der Waals surface area (Å²) in [4.78, 5) is 14.2. The molecule has 1 aromatic rings. The molecule has 2 saturated heterocycles. The minimum Gasteiger partial charge on any atom is -0.497 e. The minimum atomic E-state index is -0.00512. The van der Waals surface area contributed by atoms with Gasteiger partial charge in [-0.05, 0) is 49.6 Å². The normalized spacial score (nSPS) is 23.4. The Morgan fingerprint density at radius 3 is 2.90 bits per heavy atom. The summed E-state index contributed by atoms with van der Waals surface area (Å²) in [6, 6.07) is 6.16. The largest absolute Gasteiger partial charge is 0.497 e. The summed E-state index contributed by atoms with van der Waals surface area (Å²) in [5, 5.41) is 6.45. The van der Waals surface area contributed by atoms with E-state index < -0.39 is 0 Å². The van der Waals surface area contributed by atoms with Crippen LogP contribution in [-0.4, -0.2) is 43.7 Å². The molecule has 116 valence electrons. The number of hydrogen-bond donors (Lipinski definition) is 2. The van der Waals surface area contributed by atoms with E-state index in [-0.39, 0.29) is 18.4 Å². The first-order valence-corrected chi connectivity index (χ1v) is 7.11. The molecule has 2 amide bonds. The molecular weight excluding hydrogens is 290 g/mol. The van der Waals surface area contributed by atoms with Crippen molar-refractivity contribution in [2.75, 3.05) is 32.1 Å². The van der Waals surface area contributed by atoms with E-state index in [1.807, 2.05) is 30.0 Å². The van der Waals surface area contributed by atoms with Crippen molar-refractivity contribution >= 4 is 24.1 Å². The molecule has 0 saturated carbocycles. The summed E-state index contributed by atoms with van der Waals surface area (Å²) in [6.07, 6.45) is 1.18. The fourth-order valence-electron chi connectivity index (χ4n) is 3.11. The molecule has 0 aliphatic carbocycles. The number of fused-ring (bicyclic) bond motifs is 1. The molecule has 0 aromatic heterocycles. The Morgan fingerprint density at radius 1 is 1.43 bits per heavy atom. The second-order valence-electron chi connectivity index (χ2n) is 5.63. The molecule has 1 aromatic carbocycles. The lowest BCUT2D eigenvalue weighted by atomic mass is 10.1. The lowest BCUT2D eigenvalue weighted by molar-refractivity contribution is 0.219. The van der Waals surface area contributed by atoms with Gasteiger partial charge in [-0.25, -0.2) is 4.79 Å². The topological polar surface area (TPSA) is 53.6 Å². The lowest BCUT2D eigenvalue weighted by Gasteiger charge is -2.19. The highest BCUT2D eigenvalue weighted by Gasteiger charge is 2.37. The summed E-state index contributed by atoms with van der Waals surface area (Å²) in [6.45, 7) is 4.73. The molecule has 2 fully saturated rings. The molecule has 21 heavy (non-hydrogen) atoms. The molecule has 2 aliphatic heterocycles. The van der Waals surface area contributed by atoms with Gasteiger partial charge in [0.05, 0.1) is 7.11 Å². The van der Waals surface area contributed by atoms with Gasteiger partial charge in [0.2, 0.25) is 0 Å². The van der Waals surface area contributed by atoms with Crippen molar-refractivity contribution in [3.63, 3.8) is 0 Å². The Morgan fingerprint density at radius 2 is 2.24 bits per heavy atom. The number of methoxy groups -OCH3 is 1. The maximum Gasteiger partial charge on any atom is 0.321 e. The van der Waals surface area contributed by atoms with Crippen molar-refractivity contribution in [2.45, 2.75) is 19.4 Å². The molecule has 2 atom stereocenters. The maximum absolute atomic E-state index is 12.3. The van der Waals surface area contributed by atoms with Gasteiger partial charge in [-0.3, -0.25) is 0 Å². The number of benzene rings is 1. The van der Waals surface area contributed by atoms with Gasteiger partial charge < -0.3 is 20.3 Å². The van der Waals surface area contributed by atoms with Gasteiger partial charge in [0.25, 0.3) is 0 Å². The number of amides is 2. The van der Waals surface area contributed by atoms with E-state index in [2.05, 4.69) is 10.6 Å². The summed E-state index contributed by atoms with van der Waals surface area (Å²) >= 11 is 0. The standard InChI is InChI=1S/C15H21N3O2.ClH/c1-10-7-12(20-2)3-4-13(10)17-15(19)18-8-11-5-6-16-14(11)9-18;/h3-4,7,11,14,16H,5-6,8-9H2,1-2H3,(H,17,19);1H/t11-,14+;/m0./s1. The average Bonchev–Trinajstić information content (AvgIpc) is 3.01. The third kappa shape index (κ3) is 3.24. The zero-order valence-electron chi connectivity index (χ0n) is 12.4. The SMILES string of the molecule is COc1ccc(NC(=O)N2C[C@@H]3CCN[C@@H]3C2)c(C)c1.Cl. The van der Waals surface area contributed by atoms with E-state index in [0.717, 1.165) is 36.6 Å². The highest BCUT2D eigenvalue weighted by atomic mass is 35.5. The third-order valence-corrected chi connectivity index (χ3v) is 4.33. The highest BCUT2D eigenvalue weighted by molar-refractivity contribution is 5.90. The smallest absolute Gasteiger partial charge is 0.321 e. The van der Waals surface area contributed by atoms with Crippen LogP contribution in [0.25, 0.3) is 0 Å². The molecule has 2 N–H and O–H groups in total. The number of halogens is 1. The van der Waals surface area contributed by atoms with Crippen LogP contribution in [0.2, 0.25) is 0 Å². The first-order valence-electron chi connectivity index (χ1n) is 7.11. The summed E-state index contributed by atoms with van der Waals surface area (Å²) in [7, 11) is 1.64. The number of carbonyl (C=O) groups is 1. The molecule has 0 radical (unpaired) electrons. The lowest BCUT2D eigenvalue weighted by Crippen LogP contribution is -2.36. The Balaban J connectivity index is 0.00000161. The number of anilines is 1. The van der Waals surface area contributed by atoms with Crippen LogP contribution in [0.15, 0.2) is 18.2 Å². The van der Waals surface area contributed by atoms with Gasteiger partial charge in [-0.15, -0.1) is 12.4 Å². The quantitative estimate of drug-likeness (QED) is 0.881. The zero-order chi connectivity index (χ0) is 14.1. The highest BCUT2D eigenvalue weighted by Crippen LogP contribution is 2.26. The number of carbonyl (C=O) groups excluding carboxylic acids is 1. The molecule has 6 heteroatoms. The van der Waals surface area contributed by atoms with Crippen molar-refractivity contribution in [3.05, 3.63) is 23.8 Å². The van der Waals surface area contributed by atoms with Crippen LogP contribution in [0, 0.1) is 12.8 Å². The van der Waals surface area contributed by atoms with Crippen LogP contribution in [-0.2, 0) is 0 Å². The van der Waals surface area contributed by atoms with E-state index in [4.69, 9.17) is 4.74 Å². The molecule has 2 heterocycles.